The number of benzene rings is 1. The van der Waals surface area contributed by atoms with Crippen LogP contribution < -0.4 is 10.1 Å². The van der Waals surface area contributed by atoms with Crippen LogP contribution in [0.2, 0.25) is 0 Å². The molecule has 0 radical (unpaired) electrons. The zero-order valence-corrected chi connectivity index (χ0v) is 13.1. The molecule has 7 heteroatoms. The SMILES string of the molecule is Fc1ccc2c(c1CNc1ncc(Br)c3cncn13)CCO2. The van der Waals surface area contributed by atoms with Gasteiger partial charge in [-0.3, -0.25) is 4.40 Å². The number of nitrogens with one attached hydrogen (secondary N) is 1. The molecule has 1 N–H and O–H groups in total. The molecule has 112 valence electrons. The van der Waals surface area contributed by atoms with Crippen molar-refractivity contribution in [2.24, 2.45) is 0 Å². The van der Waals surface area contributed by atoms with E-state index in [9.17, 15) is 4.39 Å². The van der Waals surface area contributed by atoms with E-state index in [4.69, 9.17) is 4.74 Å². The normalized spacial score (nSPS) is 13.2. The van der Waals surface area contributed by atoms with Crippen LogP contribution in [0.5, 0.6) is 5.75 Å². The van der Waals surface area contributed by atoms with Gasteiger partial charge in [0.1, 0.15) is 17.9 Å². The van der Waals surface area contributed by atoms with Crippen molar-refractivity contribution in [3.8, 4) is 5.75 Å². The Bertz CT molecular complexity index is 864. The average Bonchev–Trinajstić information content (AvgIpc) is 3.17. The molecule has 5 nitrogen and oxygen atoms in total. The predicted molar refractivity (Wildman–Crippen MR) is 83.6 cm³/mol. The molecule has 22 heavy (non-hydrogen) atoms. The maximum atomic E-state index is 14.1. The number of nitrogens with zero attached hydrogens (tertiary/aromatic N) is 3. The van der Waals surface area contributed by atoms with Crippen molar-refractivity contribution in [2.45, 2.75) is 13.0 Å². The minimum Gasteiger partial charge on any atom is -0.493 e. The van der Waals surface area contributed by atoms with Gasteiger partial charge in [0.15, 0.2) is 0 Å². The van der Waals surface area contributed by atoms with Crippen molar-refractivity contribution < 1.29 is 9.13 Å². The average molecular weight is 363 g/mol. The minimum atomic E-state index is -0.226. The highest BCUT2D eigenvalue weighted by Gasteiger charge is 2.19. The van der Waals surface area contributed by atoms with Crippen molar-refractivity contribution in [3.63, 3.8) is 0 Å². The largest absolute Gasteiger partial charge is 0.493 e. The molecule has 3 heterocycles. The van der Waals surface area contributed by atoms with Crippen LogP contribution in [0.4, 0.5) is 10.3 Å². The molecular weight excluding hydrogens is 351 g/mol. The first kappa shape index (κ1) is 13.5. The van der Waals surface area contributed by atoms with Gasteiger partial charge in [-0.1, -0.05) is 0 Å². The standard InChI is InChI=1S/C15H12BrFN4O/c16-11-6-20-15(21-8-18-7-13(11)21)19-5-10-9-3-4-22-14(9)2-1-12(10)17/h1-2,6-8H,3-5H2,(H,19,20). The highest BCUT2D eigenvalue weighted by Crippen LogP contribution is 2.30. The van der Waals surface area contributed by atoms with Crippen LogP contribution in [0.25, 0.3) is 5.52 Å². The molecule has 0 saturated carbocycles. The van der Waals surface area contributed by atoms with Crippen molar-refractivity contribution in [1.29, 1.82) is 0 Å². The Labute approximate surface area is 134 Å². The van der Waals surface area contributed by atoms with Gasteiger partial charge in [-0.2, -0.15) is 0 Å². The predicted octanol–water partition coefficient (Wildman–Crippen LogP) is 3.18. The molecule has 0 spiro atoms. The van der Waals surface area contributed by atoms with Gasteiger partial charge in [-0.05, 0) is 28.1 Å². The maximum absolute atomic E-state index is 14.1. The Morgan fingerprint density at radius 1 is 1.36 bits per heavy atom. The molecule has 1 aliphatic rings. The fourth-order valence-electron chi connectivity index (χ4n) is 2.69. The maximum Gasteiger partial charge on any atom is 0.209 e. The zero-order chi connectivity index (χ0) is 15.1. The number of hydrogen-bond donors (Lipinski definition) is 1. The second-order valence-corrected chi connectivity index (χ2v) is 5.89. The lowest BCUT2D eigenvalue weighted by atomic mass is 10.0. The molecular formula is C15H12BrFN4O. The van der Waals surface area contributed by atoms with E-state index in [-0.39, 0.29) is 5.82 Å². The molecule has 0 aliphatic carbocycles. The molecule has 1 aromatic carbocycles. The van der Waals surface area contributed by atoms with Crippen molar-refractivity contribution >= 4 is 27.4 Å². The number of hydrogen-bond acceptors (Lipinski definition) is 4. The van der Waals surface area contributed by atoms with E-state index in [0.717, 1.165) is 27.7 Å². The minimum absolute atomic E-state index is 0.226. The molecule has 0 fully saturated rings. The van der Waals surface area contributed by atoms with Crippen LogP contribution in [0, 0.1) is 5.82 Å². The van der Waals surface area contributed by atoms with Gasteiger partial charge in [0.05, 0.1) is 22.8 Å². The molecule has 0 amide bonds. The van der Waals surface area contributed by atoms with Gasteiger partial charge in [-0.15, -0.1) is 0 Å². The van der Waals surface area contributed by atoms with Gasteiger partial charge in [0, 0.05) is 30.3 Å². The molecule has 2 aromatic heterocycles. The van der Waals surface area contributed by atoms with E-state index in [1.54, 1.807) is 24.8 Å². The number of fused-ring (bicyclic) bond motifs is 2. The Kier molecular flexibility index (Phi) is 3.22. The number of anilines is 1. The van der Waals surface area contributed by atoms with Crippen LogP contribution in [-0.4, -0.2) is 21.0 Å². The van der Waals surface area contributed by atoms with Crippen LogP contribution in [0.1, 0.15) is 11.1 Å². The number of halogens is 2. The summed E-state index contributed by atoms with van der Waals surface area (Å²) in [4.78, 5) is 8.44. The highest BCUT2D eigenvalue weighted by atomic mass is 79.9. The van der Waals surface area contributed by atoms with E-state index < -0.39 is 0 Å². The number of imidazole rings is 1. The number of ether oxygens (including phenoxy) is 1. The van der Waals surface area contributed by atoms with E-state index in [2.05, 4.69) is 31.2 Å². The summed E-state index contributed by atoms with van der Waals surface area (Å²) in [7, 11) is 0. The Morgan fingerprint density at radius 3 is 3.18 bits per heavy atom. The van der Waals surface area contributed by atoms with E-state index in [1.807, 2.05) is 4.40 Å². The van der Waals surface area contributed by atoms with Crippen LogP contribution in [0.15, 0.2) is 35.3 Å². The summed E-state index contributed by atoms with van der Waals surface area (Å²) in [5, 5.41) is 3.18. The van der Waals surface area contributed by atoms with Crippen molar-refractivity contribution in [1.82, 2.24) is 14.4 Å². The van der Waals surface area contributed by atoms with Crippen LogP contribution >= 0.6 is 15.9 Å². The summed E-state index contributed by atoms with van der Waals surface area (Å²) in [5.41, 5.74) is 2.47. The Balaban J connectivity index is 1.67. The Morgan fingerprint density at radius 2 is 2.27 bits per heavy atom. The van der Waals surface area contributed by atoms with Crippen LogP contribution in [-0.2, 0) is 13.0 Å². The molecule has 0 unspecified atom stereocenters. The molecule has 0 atom stereocenters. The van der Waals surface area contributed by atoms with E-state index >= 15 is 0 Å². The lowest BCUT2D eigenvalue weighted by molar-refractivity contribution is 0.356. The van der Waals surface area contributed by atoms with Crippen LogP contribution in [0.3, 0.4) is 0 Å². The summed E-state index contributed by atoms with van der Waals surface area (Å²) < 4.78 is 22.3. The topological polar surface area (TPSA) is 51.5 Å². The first-order chi connectivity index (χ1) is 10.7. The number of rotatable bonds is 3. The summed E-state index contributed by atoms with van der Waals surface area (Å²) in [6.07, 6.45) is 5.85. The molecule has 0 saturated heterocycles. The Hall–Kier alpha value is -2.15. The summed E-state index contributed by atoms with van der Waals surface area (Å²) >= 11 is 3.43. The third kappa shape index (κ3) is 2.12. The molecule has 0 bridgehead atoms. The fourth-order valence-corrected chi connectivity index (χ4v) is 3.09. The van der Waals surface area contributed by atoms with E-state index in [0.29, 0.717) is 24.7 Å². The third-order valence-corrected chi connectivity index (χ3v) is 4.39. The third-order valence-electron chi connectivity index (χ3n) is 3.78. The van der Waals surface area contributed by atoms with E-state index in [1.165, 1.54) is 6.07 Å². The zero-order valence-electron chi connectivity index (χ0n) is 11.5. The fraction of sp³-hybridized carbons (Fsp3) is 0.200. The summed E-state index contributed by atoms with van der Waals surface area (Å²) in [6, 6.07) is 3.14. The van der Waals surface area contributed by atoms with Gasteiger partial charge in [0.25, 0.3) is 0 Å². The van der Waals surface area contributed by atoms with Gasteiger partial charge >= 0.3 is 0 Å². The summed E-state index contributed by atoms with van der Waals surface area (Å²) in [6.45, 7) is 0.953. The monoisotopic (exact) mass is 362 g/mol. The van der Waals surface area contributed by atoms with Crippen molar-refractivity contribution in [2.75, 3.05) is 11.9 Å². The lowest BCUT2D eigenvalue weighted by Gasteiger charge is -2.12. The van der Waals surface area contributed by atoms with Gasteiger partial charge in [0.2, 0.25) is 5.95 Å². The second-order valence-electron chi connectivity index (χ2n) is 5.03. The highest BCUT2D eigenvalue weighted by molar-refractivity contribution is 9.10. The van der Waals surface area contributed by atoms with Crippen molar-refractivity contribution in [3.05, 3.63) is 52.3 Å². The first-order valence-corrected chi connectivity index (χ1v) is 7.67. The molecule has 1 aliphatic heterocycles. The smallest absolute Gasteiger partial charge is 0.209 e. The van der Waals surface area contributed by atoms with Gasteiger partial charge < -0.3 is 10.1 Å². The lowest BCUT2D eigenvalue weighted by Crippen LogP contribution is -2.09. The molecule has 3 aromatic rings. The number of aromatic nitrogens is 3. The van der Waals surface area contributed by atoms with Gasteiger partial charge in [-0.25, -0.2) is 14.4 Å². The molecule has 4 rings (SSSR count). The summed E-state index contributed by atoms with van der Waals surface area (Å²) in [5.74, 6) is 1.16. The first-order valence-electron chi connectivity index (χ1n) is 6.87. The second kappa shape index (κ2) is 5.24. The quantitative estimate of drug-likeness (QED) is 0.777.